The van der Waals surface area contributed by atoms with Crippen LogP contribution in [0.15, 0.2) is 109 Å². The minimum atomic E-state index is -3.47. The quantitative estimate of drug-likeness (QED) is 0.00804. The molecule has 686 valence electrons. The highest BCUT2D eigenvalue weighted by Crippen LogP contribution is 2.34. The van der Waals surface area contributed by atoms with Gasteiger partial charge in [0.25, 0.3) is 5.92 Å². The Kier molecular flexibility index (Phi) is 35.2. The van der Waals surface area contributed by atoms with E-state index >= 15 is 14.4 Å². The number of para-hydroxylation sites is 1. The van der Waals surface area contributed by atoms with E-state index in [9.17, 15) is 66.6 Å². The minimum absolute atomic E-state index is 0.0150. The van der Waals surface area contributed by atoms with Crippen LogP contribution in [0.1, 0.15) is 184 Å². The third kappa shape index (κ3) is 32.7. The zero-order chi connectivity index (χ0) is 93.6. The maximum Gasteiger partial charge on any atom is 0.419 e. The van der Waals surface area contributed by atoms with Crippen molar-refractivity contribution in [3.8, 4) is 11.5 Å². The molecule has 0 spiro atoms. The Morgan fingerprint density at radius 1 is 0.563 bits per heavy atom. The summed E-state index contributed by atoms with van der Waals surface area (Å²) in [5.41, 5.74) is 4.58. The molecule has 9 atom stereocenters. The predicted molar refractivity (Wildman–Crippen MR) is 461 cm³/mol. The zero-order valence-corrected chi connectivity index (χ0v) is 74.6. The van der Waals surface area contributed by atoms with Gasteiger partial charge in [-0.1, -0.05) is 72.8 Å². The first-order valence-corrected chi connectivity index (χ1v) is 42.0. The first kappa shape index (κ1) is 101. The topological polar surface area (TPSA) is 447 Å². The van der Waals surface area contributed by atoms with Crippen molar-refractivity contribution in [2.24, 2.45) is 5.73 Å². The molecule has 2 aliphatic rings. The number of benzene rings is 4. The second-order valence-corrected chi connectivity index (χ2v) is 36.4. The Labute approximate surface area is 733 Å². The molecule has 0 saturated carbocycles. The summed E-state index contributed by atoms with van der Waals surface area (Å²) in [5.74, 6) is -14.5. The zero-order valence-electron chi connectivity index (χ0n) is 74.6. The highest BCUT2D eigenvalue weighted by Gasteiger charge is 2.51. The number of fused-ring (bicyclic) bond motifs is 1. The second kappa shape index (κ2) is 44.0. The number of hydrogen-bond donors (Lipinski definition) is 10. The molecule has 11 amide bonds. The summed E-state index contributed by atoms with van der Waals surface area (Å²) in [4.78, 5) is 206. The van der Waals surface area contributed by atoms with E-state index < -0.39 is 223 Å². The fraction of sp³-hybridized carbons (Fsp3) is 0.544. The van der Waals surface area contributed by atoms with E-state index in [2.05, 4.69) is 47.4 Å². The molecule has 2 fully saturated rings. The highest BCUT2D eigenvalue weighted by atomic mass is 19.3. The maximum absolute atomic E-state index is 15.5. The third-order valence-corrected chi connectivity index (χ3v) is 19.7. The van der Waals surface area contributed by atoms with Crippen molar-refractivity contribution in [3.63, 3.8) is 0 Å². The fourth-order valence-electron chi connectivity index (χ4n) is 14.0. The van der Waals surface area contributed by atoms with E-state index in [1.54, 1.807) is 165 Å². The molecule has 0 radical (unpaired) electrons. The number of carbonyl (C=O) groups is 14. The van der Waals surface area contributed by atoms with E-state index in [1.807, 2.05) is 41.5 Å². The number of likely N-dealkylation sites (tertiary alicyclic amines) is 2. The lowest BCUT2D eigenvalue weighted by Gasteiger charge is -2.31. The number of likely N-dealkylation sites (N-methyl/N-ethyl adjacent to an activating group) is 1. The summed E-state index contributed by atoms with van der Waals surface area (Å²) < 4.78 is 59.7. The largest absolute Gasteiger partial charge is 0.488 e. The summed E-state index contributed by atoms with van der Waals surface area (Å²) >= 11 is 0. The molecule has 7 rings (SSSR count). The Morgan fingerprint density at radius 2 is 1.09 bits per heavy atom. The van der Waals surface area contributed by atoms with Crippen molar-refractivity contribution >= 4 is 94.1 Å². The molecule has 3 heterocycles. The first-order chi connectivity index (χ1) is 58.7. The van der Waals surface area contributed by atoms with Crippen LogP contribution in [-0.4, -0.2) is 236 Å². The number of nitrogens with one attached hydrogen (secondary N) is 8. The Bertz CT molecular complexity index is 4730. The SMILES string of the molecule is [C-]#[N+][C@@H]1CC(F)(F)CN1C(=O)CC[C@H](NC(=O)[C@H](Cc1ccc(OC(C)(C)C)cc1)NC(=O)[C@H](Cc1ccccc1)N(C)C(=O)CNC(=O)[C@H](CCCCNC(=O)OC(C)(C)C)NC(=O)[C@H]1CCCN1C(=O)[C@H](CC(=O)OC(C)(C)C)NC(=O)[C@@H](N)Cc1ccc(OC(C)(C)C)cc1)C(=O)N[C@@H](Cc1cn(C(=O)OC(C)(C)C)c2ccccc12)C(=O)NCC(=O)O. The number of alkyl halides is 2. The van der Waals surface area contributed by atoms with Gasteiger partial charge in [0, 0.05) is 57.4 Å². The number of hydrogen-bond acceptors (Lipinski definition) is 20. The smallest absolute Gasteiger partial charge is 0.419 e. The van der Waals surface area contributed by atoms with Crippen LogP contribution in [-0.2, 0) is 97.4 Å². The molecule has 126 heavy (non-hydrogen) atoms. The van der Waals surface area contributed by atoms with E-state index in [1.165, 1.54) is 22.7 Å². The first-order valence-electron chi connectivity index (χ1n) is 42.0. The van der Waals surface area contributed by atoms with Crippen LogP contribution in [0.2, 0.25) is 0 Å². The minimum Gasteiger partial charge on any atom is -0.488 e. The number of amides is 11. The van der Waals surface area contributed by atoms with Crippen molar-refractivity contribution in [2.45, 2.75) is 276 Å². The third-order valence-electron chi connectivity index (χ3n) is 19.7. The van der Waals surface area contributed by atoms with Crippen LogP contribution in [0.4, 0.5) is 18.4 Å². The molecule has 11 N–H and O–H groups in total. The van der Waals surface area contributed by atoms with Crippen LogP contribution in [0.3, 0.4) is 0 Å². The molecule has 2 aliphatic heterocycles. The molecular formula is C90H122F2N14O20. The molecule has 5 aromatic rings. The van der Waals surface area contributed by atoms with E-state index in [4.69, 9.17) is 36.0 Å². The fourth-order valence-corrected chi connectivity index (χ4v) is 14.0. The Balaban J connectivity index is 1.19. The number of nitrogens with two attached hydrogens (primary N) is 1. The molecule has 0 aliphatic carbocycles. The normalized spacial score (nSPS) is 16.3. The summed E-state index contributed by atoms with van der Waals surface area (Å²) in [7, 11) is 1.26. The molecular weight excluding hydrogens is 1640 g/mol. The molecule has 1 aromatic heterocycles. The van der Waals surface area contributed by atoms with E-state index in [-0.39, 0.29) is 70.0 Å². The molecule has 36 heteroatoms. The van der Waals surface area contributed by atoms with Gasteiger partial charge in [0.05, 0.1) is 31.1 Å². The van der Waals surface area contributed by atoms with E-state index in [0.29, 0.717) is 44.0 Å². The van der Waals surface area contributed by atoms with Gasteiger partial charge in [-0.3, -0.25) is 71.8 Å². The van der Waals surface area contributed by atoms with Crippen LogP contribution >= 0.6 is 0 Å². The monoisotopic (exact) mass is 1760 g/mol. The highest BCUT2D eigenvalue weighted by molar-refractivity contribution is 6.00. The Hall–Kier alpha value is -12.3. The van der Waals surface area contributed by atoms with Crippen molar-refractivity contribution in [3.05, 3.63) is 143 Å². The number of nitrogens with zero attached hydrogens (tertiary/aromatic N) is 5. The Morgan fingerprint density at radius 3 is 1.67 bits per heavy atom. The number of carboxylic acids is 1. The number of carboxylic acid groups (broad SMARTS) is 1. The molecule has 0 bridgehead atoms. The summed E-state index contributed by atoms with van der Waals surface area (Å²) in [6.45, 7) is 30.7. The predicted octanol–water partition coefficient (Wildman–Crippen LogP) is 7.26. The van der Waals surface area contributed by atoms with Gasteiger partial charge in [-0.2, -0.15) is 0 Å². The standard InChI is InChI=1S/C90H122F2N14O20/c1-85(2,3)122-58-36-32-55(33-37-58)44-61(93)75(112)102-66(48-74(111)124-87(7,8)9)82(119)104-43-25-31-68(104)80(117)99-62(29-23-24-42-95-83(120)125-88(10,11)12)76(113)96-50-72(108)103(17)69(46-54-26-19-18-20-27-54)81(118)101-64(45-56-34-38-59(39-35-56)123-86(4,5)6)79(116)98-63(40-41-71(107)106-53-90(91,92)49-70(106)94-16)78(115)100-65(77(114)97-51-73(109)110)47-57-52-105(84(121)126-89(13,14)15)67-30-22-21-28-60(57)67/h18-22,26-28,30,32-39,52,61-66,68-70H,23-25,29,31,40-51,53,93H2,1-15,17H3,(H,95,120)(H,96,113)(H,97,114)(H,98,116)(H,99,117)(H,100,115)(H,101,118)(H,102,112)(H,109,110)/t61-,62-,63-,64-,65-,66-,68+,69-,70-/m0/s1. The lowest BCUT2D eigenvalue weighted by Crippen LogP contribution is -2.60. The number of carbonyl (C=O) groups excluding carboxylic acids is 13. The van der Waals surface area contributed by atoms with Gasteiger partial charge in [0.1, 0.15) is 94.8 Å². The summed E-state index contributed by atoms with van der Waals surface area (Å²) in [5, 5.41) is 30.9. The number of esters is 1. The average Bonchev–Trinajstić information content (AvgIpc) is 1.64. The number of unbranched alkanes of at least 4 members (excludes halogenated alkanes) is 1. The van der Waals surface area contributed by atoms with E-state index in [0.717, 1.165) is 4.90 Å². The van der Waals surface area contributed by atoms with Gasteiger partial charge in [-0.25, -0.2) is 24.9 Å². The molecule has 4 aromatic carbocycles. The van der Waals surface area contributed by atoms with Gasteiger partial charge >= 0.3 is 30.3 Å². The number of aliphatic carboxylic acids is 1. The van der Waals surface area contributed by atoms with Crippen LogP contribution < -0.4 is 57.7 Å². The van der Waals surface area contributed by atoms with Crippen LogP contribution in [0.25, 0.3) is 15.7 Å². The number of halogens is 2. The van der Waals surface area contributed by atoms with Crippen LogP contribution in [0.5, 0.6) is 11.5 Å². The van der Waals surface area contributed by atoms with Gasteiger partial charge in [-0.15, -0.1) is 0 Å². The molecule has 2 saturated heterocycles. The summed E-state index contributed by atoms with van der Waals surface area (Å²) in [6, 6.07) is 15.6. The number of rotatable bonds is 38. The van der Waals surface area contributed by atoms with Crippen molar-refractivity contribution < 1.29 is 105 Å². The average molecular weight is 1760 g/mol. The van der Waals surface area contributed by atoms with Crippen molar-refractivity contribution in [1.29, 1.82) is 0 Å². The van der Waals surface area contributed by atoms with Crippen LogP contribution in [0, 0.1) is 6.57 Å². The van der Waals surface area contributed by atoms with Crippen molar-refractivity contribution in [2.75, 3.05) is 39.8 Å². The van der Waals surface area contributed by atoms with Gasteiger partial charge in [0.15, 0.2) is 0 Å². The second-order valence-electron chi connectivity index (χ2n) is 36.4. The number of ether oxygens (including phenoxy) is 5. The van der Waals surface area contributed by atoms with Gasteiger partial charge in [0.2, 0.25) is 59.1 Å². The number of aromatic nitrogens is 1. The summed E-state index contributed by atoms with van der Waals surface area (Å²) in [6.07, 6.45) is -5.41. The van der Waals surface area contributed by atoms with Gasteiger partial charge < -0.3 is 86.9 Å². The lowest BCUT2D eigenvalue weighted by molar-refractivity contribution is -0.158. The maximum atomic E-state index is 15.5. The molecule has 34 nitrogen and oxygen atoms in total. The van der Waals surface area contributed by atoms with Gasteiger partial charge in [-0.05, 0) is 201 Å². The van der Waals surface area contributed by atoms with Crippen molar-refractivity contribution in [1.82, 2.24) is 61.8 Å². The lowest BCUT2D eigenvalue weighted by atomic mass is 10.0. The number of alkyl carbamates (subject to hydrolysis) is 1. The molecule has 0 unspecified atom stereocenters.